The van der Waals surface area contributed by atoms with E-state index in [2.05, 4.69) is 28.8 Å². The number of carboxylic acids is 1. The highest BCUT2D eigenvalue weighted by atomic mass is 16.6. The number of allylic oxidation sites excluding steroid dienone is 1. The SMILES string of the molecule is CC#CCOc1ccc(C[C@H](NC(=O)[C@@H](/C=C/CCCCCCC(=O)CCCCCCC)[C@@](O)(CC(=O)O)C(=O)OC(C)(C)C)C(=O)CCC(=O)OC)cc1. The van der Waals surface area contributed by atoms with E-state index in [1.54, 1.807) is 58.0 Å². The number of carboxylic acid groups (broad SMARTS) is 1. The quantitative estimate of drug-likeness (QED) is 0.0360. The van der Waals surface area contributed by atoms with Gasteiger partial charge in [-0.05, 0) is 77.5 Å². The summed E-state index contributed by atoms with van der Waals surface area (Å²) in [5.74, 6) is -0.399. The lowest BCUT2D eigenvalue weighted by Gasteiger charge is -2.34. The van der Waals surface area contributed by atoms with Crippen molar-refractivity contribution in [3.05, 3.63) is 42.0 Å². The molecule has 0 aromatic heterocycles. The third kappa shape index (κ3) is 20.7. The van der Waals surface area contributed by atoms with Crippen LogP contribution in [0.5, 0.6) is 5.75 Å². The predicted molar refractivity (Wildman–Crippen MR) is 209 cm³/mol. The van der Waals surface area contributed by atoms with Crippen molar-refractivity contribution in [2.24, 2.45) is 5.92 Å². The van der Waals surface area contributed by atoms with Crippen LogP contribution in [0.15, 0.2) is 36.4 Å². The molecule has 0 aliphatic rings. The molecule has 0 bridgehead atoms. The molecule has 0 spiro atoms. The maximum atomic E-state index is 14.1. The molecule has 1 aromatic carbocycles. The van der Waals surface area contributed by atoms with Gasteiger partial charge in [-0.15, -0.1) is 5.92 Å². The molecule has 0 aliphatic heterocycles. The number of Topliss-reactive ketones (excluding diaryl/α,β-unsaturated/α-hetero) is 2. The van der Waals surface area contributed by atoms with Crippen LogP contribution in [0.2, 0.25) is 0 Å². The molecular weight excluding hydrogens is 706 g/mol. The van der Waals surface area contributed by atoms with Gasteiger partial charge >= 0.3 is 17.9 Å². The van der Waals surface area contributed by atoms with Crippen LogP contribution in [0.1, 0.15) is 136 Å². The first-order chi connectivity index (χ1) is 26.1. The minimum atomic E-state index is -2.84. The molecule has 0 saturated carbocycles. The second kappa shape index (κ2) is 26.3. The van der Waals surface area contributed by atoms with Crippen molar-refractivity contribution < 1.29 is 53.2 Å². The molecule has 12 heteroatoms. The Bertz CT molecular complexity index is 1470. The Kier molecular flexibility index (Phi) is 23.2. The van der Waals surface area contributed by atoms with E-state index >= 15 is 0 Å². The molecule has 12 nitrogen and oxygen atoms in total. The first-order valence-corrected chi connectivity index (χ1v) is 19.4. The lowest BCUT2D eigenvalue weighted by molar-refractivity contribution is -0.187. The first kappa shape index (κ1) is 48.5. The van der Waals surface area contributed by atoms with Crippen LogP contribution in [0.25, 0.3) is 0 Å². The summed E-state index contributed by atoms with van der Waals surface area (Å²) in [4.78, 5) is 77.2. The fourth-order valence-electron chi connectivity index (χ4n) is 5.75. The fourth-order valence-corrected chi connectivity index (χ4v) is 5.75. The number of aliphatic carboxylic acids is 1. The number of rotatable bonds is 28. The van der Waals surface area contributed by atoms with Gasteiger partial charge in [0.15, 0.2) is 11.4 Å². The van der Waals surface area contributed by atoms with Gasteiger partial charge in [-0.25, -0.2) is 4.79 Å². The molecule has 1 amide bonds. The lowest BCUT2D eigenvalue weighted by atomic mass is 9.82. The first-order valence-electron chi connectivity index (χ1n) is 19.4. The Morgan fingerprint density at radius 1 is 0.873 bits per heavy atom. The van der Waals surface area contributed by atoms with Crippen LogP contribution in [-0.4, -0.2) is 76.6 Å². The summed E-state index contributed by atoms with van der Waals surface area (Å²) >= 11 is 0. The number of unbranched alkanes of at least 4 members (excludes halogenated alkanes) is 8. The second-order valence-electron chi connectivity index (χ2n) is 14.7. The molecule has 55 heavy (non-hydrogen) atoms. The number of hydrogen-bond acceptors (Lipinski definition) is 10. The topological polar surface area (TPSA) is 183 Å². The van der Waals surface area contributed by atoms with E-state index in [4.69, 9.17) is 9.47 Å². The van der Waals surface area contributed by atoms with Gasteiger partial charge in [0.1, 0.15) is 23.7 Å². The Hall–Kier alpha value is -4.50. The molecule has 0 saturated heterocycles. The van der Waals surface area contributed by atoms with E-state index < -0.39 is 59.2 Å². The molecule has 3 atom stereocenters. The number of methoxy groups -OCH3 is 1. The number of amides is 1. The van der Waals surface area contributed by atoms with Crippen molar-refractivity contribution in [2.45, 2.75) is 155 Å². The zero-order chi connectivity index (χ0) is 41.3. The summed E-state index contributed by atoms with van der Waals surface area (Å²) in [5, 5.41) is 24.2. The van der Waals surface area contributed by atoms with Gasteiger partial charge in [0, 0.05) is 19.3 Å². The lowest BCUT2D eigenvalue weighted by Crippen LogP contribution is -2.56. The molecule has 0 fully saturated rings. The summed E-state index contributed by atoms with van der Waals surface area (Å²) < 4.78 is 15.6. The van der Waals surface area contributed by atoms with E-state index in [-0.39, 0.29) is 31.7 Å². The van der Waals surface area contributed by atoms with Crippen LogP contribution in [-0.2, 0) is 44.7 Å². The number of hydrogen-bond donors (Lipinski definition) is 3. The van der Waals surface area contributed by atoms with Crippen molar-refractivity contribution in [3.8, 4) is 17.6 Å². The smallest absolute Gasteiger partial charge is 0.340 e. The Morgan fingerprint density at radius 2 is 1.49 bits per heavy atom. The van der Waals surface area contributed by atoms with Gasteiger partial charge in [0.2, 0.25) is 5.91 Å². The zero-order valence-corrected chi connectivity index (χ0v) is 33.7. The van der Waals surface area contributed by atoms with Crippen LogP contribution in [0.4, 0.5) is 0 Å². The number of ether oxygens (including phenoxy) is 3. The molecule has 0 radical (unpaired) electrons. The number of carbonyl (C=O) groups is 6. The summed E-state index contributed by atoms with van der Waals surface area (Å²) in [6.45, 7) is 8.67. The minimum absolute atomic E-state index is 0.0254. The Morgan fingerprint density at radius 3 is 2.05 bits per heavy atom. The van der Waals surface area contributed by atoms with Crippen LogP contribution >= 0.6 is 0 Å². The van der Waals surface area contributed by atoms with Crippen molar-refractivity contribution in [3.63, 3.8) is 0 Å². The summed E-state index contributed by atoms with van der Waals surface area (Å²) in [5.41, 5.74) is -3.34. The minimum Gasteiger partial charge on any atom is -0.481 e. The predicted octanol–water partition coefficient (Wildman–Crippen LogP) is 6.63. The number of carbonyl (C=O) groups excluding carboxylic acids is 5. The summed E-state index contributed by atoms with van der Waals surface area (Å²) in [7, 11) is 1.19. The maximum Gasteiger partial charge on any atom is 0.340 e. The van der Waals surface area contributed by atoms with Gasteiger partial charge < -0.3 is 29.7 Å². The van der Waals surface area contributed by atoms with Crippen molar-refractivity contribution in [1.29, 1.82) is 0 Å². The highest BCUT2D eigenvalue weighted by Crippen LogP contribution is 2.29. The molecule has 0 heterocycles. The Balaban J connectivity index is 3.25. The standard InChI is InChI=1S/C43H63NO11/c1-7-9-11-14-17-20-33(45)21-18-15-12-13-16-19-22-35(43(52,31-38(47)48)41(51)55-42(3,4)5)40(50)44-36(37(46)27-28-39(49)53-6)30-32-23-25-34(26-24-32)54-29-10-8-2/h19,22-26,35-36,52H,7,9,11-18,20-21,27-31H2,1-6H3,(H,44,50)(H,47,48)/b22-19+/t35-,36+,43+/m1/s1. The van der Waals surface area contributed by atoms with Crippen LogP contribution < -0.4 is 10.1 Å². The van der Waals surface area contributed by atoms with E-state index in [1.807, 2.05) is 0 Å². The average molecular weight is 770 g/mol. The van der Waals surface area contributed by atoms with Crippen LogP contribution in [0.3, 0.4) is 0 Å². The molecule has 306 valence electrons. The fraction of sp³-hybridized carbons (Fsp3) is 0.628. The molecule has 1 rings (SSSR count). The largest absolute Gasteiger partial charge is 0.481 e. The van der Waals surface area contributed by atoms with E-state index in [0.717, 1.165) is 44.9 Å². The number of ketones is 2. The number of esters is 2. The third-order valence-corrected chi connectivity index (χ3v) is 8.79. The normalized spacial score (nSPS) is 13.4. The number of aliphatic hydroxyl groups is 1. The highest BCUT2D eigenvalue weighted by molar-refractivity contribution is 5.97. The second-order valence-corrected chi connectivity index (χ2v) is 14.7. The van der Waals surface area contributed by atoms with E-state index in [1.165, 1.54) is 19.6 Å². The monoisotopic (exact) mass is 769 g/mol. The number of benzene rings is 1. The third-order valence-electron chi connectivity index (χ3n) is 8.79. The molecule has 0 aliphatic carbocycles. The molecular formula is C43H63NO11. The van der Waals surface area contributed by atoms with Crippen molar-refractivity contribution >= 4 is 35.4 Å². The van der Waals surface area contributed by atoms with Crippen molar-refractivity contribution in [1.82, 2.24) is 5.32 Å². The van der Waals surface area contributed by atoms with Gasteiger partial charge in [0.05, 0.1) is 31.9 Å². The van der Waals surface area contributed by atoms with Gasteiger partial charge in [-0.1, -0.05) is 75.7 Å². The maximum absolute atomic E-state index is 14.1. The van der Waals surface area contributed by atoms with Gasteiger partial charge in [0.25, 0.3) is 0 Å². The summed E-state index contributed by atoms with van der Waals surface area (Å²) in [6.07, 6.45) is 11.4. The van der Waals surface area contributed by atoms with Gasteiger partial charge in [-0.3, -0.25) is 24.0 Å². The van der Waals surface area contributed by atoms with E-state index in [0.29, 0.717) is 37.0 Å². The Labute approximate surface area is 327 Å². The highest BCUT2D eigenvalue weighted by Gasteiger charge is 2.51. The van der Waals surface area contributed by atoms with E-state index in [9.17, 15) is 39.0 Å². The number of nitrogens with one attached hydrogen (secondary N) is 1. The molecule has 3 N–H and O–H groups in total. The summed E-state index contributed by atoms with van der Waals surface area (Å²) in [6, 6.07) is 5.53. The van der Waals surface area contributed by atoms with Gasteiger partial charge in [-0.2, -0.15) is 0 Å². The molecule has 1 aromatic rings. The van der Waals surface area contributed by atoms with Crippen LogP contribution in [0, 0.1) is 17.8 Å². The zero-order valence-electron chi connectivity index (χ0n) is 33.7. The average Bonchev–Trinajstić information content (AvgIpc) is 3.12. The molecule has 0 unspecified atom stereocenters. The van der Waals surface area contributed by atoms with Crippen molar-refractivity contribution in [2.75, 3.05) is 13.7 Å².